The summed E-state index contributed by atoms with van der Waals surface area (Å²) in [5.41, 5.74) is 0.350. The molecule has 1 aliphatic rings. The molecule has 0 spiro atoms. The molecule has 0 saturated heterocycles. The SMILES string of the molecule is COc1ccc(C(F)(F)F)cc1NC(=O)CSc1nc(=O)[nH]c2c1CCCC2. The third kappa shape index (κ3) is 4.67. The standard InChI is InChI=1S/C18H18F3N3O3S/c1-27-14-7-6-10(18(19,20)21)8-13(14)22-15(25)9-28-16-11-4-2-3-5-12(11)23-17(26)24-16/h6-8H,2-5,9H2,1H3,(H,22,25)(H,23,24,26). The molecule has 0 aliphatic heterocycles. The number of hydrogen-bond acceptors (Lipinski definition) is 5. The van der Waals surface area contributed by atoms with Gasteiger partial charge in [0.15, 0.2) is 0 Å². The van der Waals surface area contributed by atoms with Crippen molar-refractivity contribution in [1.82, 2.24) is 9.97 Å². The summed E-state index contributed by atoms with van der Waals surface area (Å²) in [6.07, 6.45) is -1.05. The highest BCUT2D eigenvalue weighted by molar-refractivity contribution is 8.00. The van der Waals surface area contributed by atoms with Crippen LogP contribution in [-0.2, 0) is 23.8 Å². The Hall–Kier alpha value is -2.49. The van der Waals surface area contributed by atoms with Crippen molar-refractivity contribution >= 4 is 23.4 Å². The monoisotopic (exact) mass is 413 g/mol. The number of halogens is 3. The number of nitrogens with one attached hydrogen (secondary N) is 2. The van der Waals surface area contributed by atoms with Gasteiger partial charge in [-0.2, -0.15) is 18.2 Å². The first-order valence-corrected chi connectivity index (χ1v) is 9.56. The minimum Gasteiger partial charge on any atom is -0.495 e. The summed E-state index contributed by atoms with van der Waals surface area (Å²) >= 11 is 1.09. The van der Waals surface area contributed by atoms with E-state index in [1.54, 1.807) is 0 Å². The van der Waals surface area contributed by atoms with Crippen LogP contribution in [0.1, 0.15) is 29.7 Å². The van der Waals surface area contributed by atoms with Gasteiger partial charge in [-0.15, -0.1) is 0 Å². The Kier molecular flexibility index (Phi) is 5.97. The molecule has 0 saturated carbocycles. The quantitative estimate of drug-likeness (QED) is 0.580. The largest absolute Gasteiger partial charge is 0.495 e. The number of anilines is 1. The second-order valence-electron chi connectivity index (χ2n) is 6.26. The molecular formula is C18H18F3N3O3S. The molecule has 1 heterocycles. The van der Waals surface area contributed by atoms with Crippen molar-refractivity contribution in [2.45, 2.75) is 36.9 Å². The van der Waals surface area contributed by atoms with Gasteiger partial charge in [0.1, 0.15) is 10.8 Å². The minimum atomic E-state index is -4.53. The number of fused-ring (bicyclic) bond motifs is 1. The molecule has 150 valence electrons. The van der Waals surface area contributed by atoms with Gasteiger partial charge in [0, 0.05) is 11.3 Å². The van der Waals surface area contributed by atoms with E-state index >= 15 is 0 Å². The van der Waals surface area contributed by atoms with E-state index in [0.29, 0.717) is 5.03 Å². The van der Waals surface area contributed by atoms with Crippen LogP contribution in [-0.4, -0.2) is 28.7 Å². The Balaban J connectivity index is 1.73. The number of carbonyl (C=O) groups is 1. The summed E-state index contributed by atoms with van der Waals surface area (Å²) in [7, 11) is 1.31. The zero-order chi connectivity index (χ0) is 20.3. The average Bonchev–Trinajstić information content (AvgIpc) is 2.65. The van der Waals surface area contributed by atoms with Gasteiger partial charge in [-0.25, -0.2) is 4.79 Å². The second kappa shape index (κ2) is 8.26. The fourth-order valence-corrected chi connectivity index (χ4v) is 3.90. The number of aromatic amines is 1. The highest BCUT2D eigenvalue weighted by atomic mass is 32.2. The molecular weight excluding hydrogens is 395 g/mol. The van der Waals surface area contributed by atoms with Crippen molar-refractivity contribution in [2.24, 2.45) is 0 Å². The van der Waals surface area contributed by atoms with Crippen LogP contribution < -0.4 is 15.7 Å². The summed E-state index contributed by atoms with van der Waals surface area (Å²) in [4.78, 5) is 30.7. The highest BCUT2D eigenvalue weighted by Gasteiger charge is 2.31. The van der Waals surface area contributed by atoms with Crippen LogP contribution in [0.3, 0.4) is 0 Å². The average molecular weight is 413 g/mol. The van der Waals surface area contributed by atoms with E-state index in [2.05, 4.69) is 15.3 Å². The Labute approximate surface area is 162 Å². The molecule has 6 nitrogen and oxygen atoms in total. The summed E-state index contributed by atoms with van der Waals surface area (Å²) in [6, 6.07) is 2.87. The van der Waals surface area contributed by atoms with Crippen LogP contribution in [0.4, 0.5) is 18.9 Å². The number of benzene rings is 1. The van der Waals surface area contributed by atoms with Crippen LogP contribution in [0.25, 0.3) is 0 Å². The fourth-order valence-electron chi connectivity index (χ4n) is 3.02. The fraction of sp³-hybridized carbons (Fsp3) is 0.389. The van der Waals surface area contributed by atoms with Crippen molar-refractivity contribution in [3.8, 4) is 5.75 Å². The molecule has 1 aromatic heterocycles. The predicted octanol–water partition coefficient (Wildman–Crippen LogP) is 3.41. The topological polar surface area (TPSA) is 84.1 Å². The molecule has 0 atom stereocenters. The van der Waals surface area contributed by atoms with Crippen molar-refractivity contribution in [1.29, 1.82) is 0 Å². The molecule has 0 fully saturated rings. The zero-order valence-electron chi connectivity index (χ0n) is 15.0. The molecule has 0 bridgehead atoms. The predicted molar refractivity (Wildman–Crippen MR) is 98.8 cm³/mol. The van der Waals surface area contributed by atoms with Gasteiger partial charge < -0.3 is 15.0 Å². The molecule has 10 heteroatoms. The van der Waals surface area contributed by atoms with E-state index < -0.39 is 23.3 Å². The number of rotatable bonds is 5. The lowest BCUT2D eigenvalue weighted by Crippen LogP contribution is -2.21. The van der Waals surface area contributed by atoms with E-state index in [9.17, 15) is 22.8 Å². The Morgan fingerprint density at radius 3 is 2.79 bits per heavy atom. The normalized spacial score (nSPS) is 13.7. The number of methoxy groups -OCH3 is 1. The number of hydrogen-bond donors (Lipinski definition) is 2. The van der Waals surface area contributed by atoms with Gasteiger partial charge in [-0.05, 0) is 43.9 Å². The third-order valence-corrected chi connectivity index (χ3v) is 5.35. The van der Waals surface area contributed by atoms with Gasteiger partial charge in [0.05, 0.1) is 24.1 Å². The summed E-state index contributed by atoms with van der Waals surface area (Å²) < 4.78 is 43.8. The van der Waals surface area contributed by atoms with E-state index in [4.69, 9.17) is 4.74 Å². The van der Waals surface area contributed by atoms with Crippen molar-refractivity contribution in [3.63, 3.8) is 0 Å². The zero-order valence-corrected chi connectivity index (χ0v) is 15.8. The number of aromatic nitrogens is 2. The maximum Gasteiger partial charge on any atom is 0.416 e. The van der Waals surface area contributed by atoms with Crippen LogP contribution in [0.2, 0.25) is 0 Å². The summed E-state index contributed by atoms with van der Waals surface area (Å²) in [6.45, 7) is 0. The molecule has 28 heavy (non-hydrogen) atoms. The highest BCUT2D eigenvalue weighted by Crippen LogP contribution is 2.35. The number of alkyl halides is 3. The lowest BCUT2D eigenvalue weighted by molar-refractivity contribution is -0.137. The van der Waals surface area contributed by atoms with E-state index in [1.165, 1.54) is 7.11 Å². The Morgan fingerprint density at radius 1 is 1.32 bits per heavy atom. The van der Waals surface area contributed by atoms with Crippen molar-refractivity contribution < 1.29 is 22.7 Å². The van der Waals surface area contributed by atoms with Crippen molar-refractivity contribution in [3.05, 3.63) is 45.5 Å². The lowest BCUT2D eigenvalue weighted by atomic mass is 9.98. The van der Waals surface area contributed by atoms with Crippen LogP contribution in [0.5, 0.6) is 5.75 Å². The first-order chi connectivity index (χ1) is 13.3. The summed E-state index contributed by atoms with van der Waals surface area (Å²) in [5.74, 6) is -0.491. The number of nitrogens with zero attached hydrogens (tertiary/aromatic N) is 1. The molecule has 1 aliphatic carbocycles. The first kappa shape index (κ1) is 20.2. The molecule has 0 radical (unpaired) electrons. The maximum atomic E-state index is 12.9. The van der Waals surface area contributed by atoms with Gasteiger partial charge in [0.2, 0.25) is 5.91 Å². The smallest absolute Gasteiger partial charge is 0.416 e. The molecule has 2 aromatic rings. The molecule has 3 rings (SSSR count). The van der Waals surface area contributed by atoms with Crippen LogP contribution in [0, 0.1) is 0 Å². The van der Waals surface area contributed by atoms with Gasteiger partial charge in [-0.3, -0.25) is 4.79 Å². The second-order valence-corrected chi connectivity index (χ2v) is 7.23. The number of carbonyl (C=O) groups excluding carboxylic acids is 1. The number of thioether (sulfide) groups is 1. The van der Waals surface area contributed by atoms with Crippen molar-refractivity contribution in [2.75, 3.05) is 18.2 Å². The Morgan fingerprint density at radius 2 is 2.07 bits per heavy atom. The molecule has 1 aromatic carbocycles. The number of aryl methyl sites for hydroxylation is 1. The molecule has 1 amide bonds. The van der Waals surface area contributed by atoms with Gasteiger partial charge in [0.25, 0.3) is 0 Å². The number of ether oxygens (including phenoxy) is 1. The minimum absolute atomic E-state index is 0.0659. The Bertz CT molecular complexity index is 944. The van der Waals surface area contributed by atoms with E-state index in [-0.39, 0.29) is 17.2 Å². The summed E-state index contributed by atoms with van der Waals surface area (Å²) in [5, 5.41) is 2.93. The maximum absolute atomic E-state index is 12.9. The lowest BCUT2D eigenvalue weighted by Gasteiger charge is -2.17. The molecule has 2 N–H and O–H groups in total. The first-order valence-electron chi connectivity index (χ1n) is 8.58. The number of H-pyrrole nitrogens is 1. The van der Waals surface area contributed by atoms with Gasteiger partial charge in [-0.1, -0.05) is 11.8 Å². The number of amides is 1. The van der Waals surface area contributed by atoms with Crippen LogP contribution in [0.15, 0.2) is 28.0 Å². The van der Waals surface area contributed by atoms with E-state index in [1.807, 2.05) is 0 Å². The van der Waals surface area contributed by atoms with Crippen LogP contribution >= 0.6 is 11.8 Å². The third-order valence-electron chi connectivity index (χ3n) is 4.33. The molecule has 0 unspecified atom stereocenters. The van der Waals surface area contributed by atoms with Gasteiger partial charge >= 0.3 is 11.9 Å². The van der Waals surface area contributed by atoms with E-state index in [0.717, 1.165) is 66.9 Å².